The molecular formula is C42H49N2O8+. The van der Waals surface area contributed by atoms with Gasteiger partial charge in [-0.1, -0.05) is 18.2 Å². The molecule has 3 unspecified atom stereocenters. The Hall–Kier alpha value is -4.93. The molecule has 0 aromatic heterocycles. The maximum Gasteiger partial charge on any atom is 0.303 e. The molecule has 4 aromatic carbocycles. The van der Waals surface area contributed by atoms with Gasteiger partial charge in [0.2, 0.25) is 5.75 Å². The zero-order chi connectivity index (χ0) is 36.6. The topological polar surface area (TPSA) is 107 Å². The molecule has 4 heterocycles. The van der Waals surface area contributed by atoms with Gasteiger partial charge in [0.1, 0.15) is 11.8 Å². The van der Waals surface area contributed by atoms with Crippen molar-refractivity contribution in [3.05, 3.63) is 94.0 Å². The lowest BCUT2D eigenvalue weighted by molar-refractivity contribution is -0.941. The summed E-state index contributed by atoms with van der Waals surface area (Å²) in [5.41, 5.74) is 6.54. The Morgan fingerprint density at radius 2 is 1.56 bits per heavy atom. The van der Waals surface area contributed by atoms with Gasteiger partial charge in [-0.3, -0.25) is 9.69 Å². The summed E-state index contributed by atoms with van der Waals surface area (Å²) in [4.78, 5) is 13.6. The molecule has 4 aliphatic heterocycles. The van der Waals surface area contributed by atoms with Crippen molar-refractivity contribution >= 4 is 5.97 Å². The van der Waals surface area contributed by atoms with Crippen LogP contribution in [0.1, 0.15) is 64.7 Å². The number of quaternary nitrogens is 1. The molecule has 0 fully saturated rings. The SMILES string of the molecule is COc1ccc2cc1Oc1ccc(cc1)CC1c3cc(c(OC)cc3CC[N+]1(C)CCCCC(=O)O)Oc1c(O)c(OC)cc3c1C(C2)N(C)CC3. The van der Waals surface area contributed by atoms with Crippen molar-refractivity contribution < 1.29 is 43.2 Å². The standard InChI is InChI=1S/C42H48N2O8/c1-43-17-15-29-24-38(50-5)41(47)42-40(29)32(43)20-27-11-14-34(48-3)36(22-27)51-30-12-9-26(10-13-30)21-33-31-25-37(52-42)35(49-4)23-28(31)16-19-44(33,2)18-7-6-8-39(45)46/h9-14,22-25,32-33H,6-8,15-21H2,1-5H3,(H-,45,46,47)/p+1. The molecule has 0 saturated carbocycles. The molecular weight excluding hydrogens is 660 g/mol. The zero-order valence-corrected chi connectivity index (χ0v) is 30.7. The smallest absolute Gasteiger partial charge is 0.303 e. The normalized spacial score (nSPS) is 20.8. The number of methoxy groups -OCH3 is 3. The molecule has 0 radical (unpaired) electrons. The number of nitrogens with zero attached hydrogens (tertiary/aromatic N) is 2. The molecule has 52 heavy (non-hydrogen) atoms. The van der Waals surface area contributed by atoms with E-state index in [1.807, 2.05) is 30.3 Å². The van der Waals surface area contributed by atoms with Crippen molar-refractivity contribution in [2.24, 2.45) is 0 Å². The summed E-state index contributed by atoms with van der Waals surface area (Å²) in [6.45, 7) is 2.57. The van der Waals surface area contributed by atoms with Gasteiger partial charge in [0.15, 0.2) is 34.5 Å². The van der Waals surface area contributed by atoms with Crippen LogP contribution < -0.4 is 23.7 Å². The van der Waals surface area contributed by atoms with E-state index in [-0.39, 0.29) is 24.3 Å². The monoisotopic (exact) mass is 709 g/mol. The maximum atomic E-state index is 11.8. The first-order chi connectivity index (χ1) is 25.1. The fraction of sp³-hybridized carbons (Fsp3) is 0.405. The summed E-state index contributed by atoms with van der Waals surface area (Å²) < 4.78 is 31.5. The predicted octanol–water partition coefficient (Wildman–Crippen LogP) is 7.63. The summed E-state index contributed by atoms with van der Waals surface area (Å²) in [6, 6.07) is 20.4. The van der Waals surface area contributed by atoms with Crippen LogP contribution in [-0.4, -0.2) is 80.6 Å². The van der Waals surface area contributed by atoms with Crippen LogP contribution in [0.2, 0.25) is 0 Å². The van der Waals surface area contributed by atoms with E-state index in [1.54, 1.807) is 21.3 Å². The Morgan fingerprint density at radius 3 is 2.29 bits per heavy atom. The lowest BCUT2D eigenvalue weighted by Crippen LogP contribution is -2.52. The number of carboxylic acid groups (broad SMARTS) is 1. The molecule has 0 saturated heterocycles. The number of rotatable bonds is 8. The van der Waals surface area contributed by atoms with Crippen LogP contribution >= 0.6 is 0 Å². The van der Waals surface area contributed by atoms with Gasteiger partial charge in [0, 0.05) is 43.0 Å². The zero-order valence-electron chi connectivity index (χ0n) is 30.7. The quantitative estimate of drug-likeness (QED) is 0.141. The van der Waals surface area contributed by atoms with Gasteiger partial charge in [0.25, 0.3) is 0 Å². The summed E-state index contributed by atoms with van der Waals surface area (Å²) in [6.07, 6.45) is 4.59. The molecule has 10 nitrogen and oxygen atoms in total. The lowest BCUT2D eigenvalue weighted by Gasteiger charge is -2.46. The van der Waals surface area contributed by atoms with E-state index in [0.717, 1.165) is 83.4 Å². The maximum absolute atomic E-state index is 11.8. The second-order valence-corrected chi connectivity index (χ2v) is 14.6. The van der Waals surface area contributed by atoms with Crippen molar-refractivity contribution in [1.82, 2.24) is 4.90 Å². The van der Waals surface area contributed by atoms with Gasteiger partial charge in [-0.25, -0.2) is 0 Å². The van der Waals surface area contributed by atoms with Crippen LogP contribution in [0.4, 0.5) is 0 Å². The van der Waals surface area contributed by atoms with Gasteiger partial charge in [0.05, 0.1) is 41.5 Å². The van der Waals surface area contributed by atoms with Crippen molar-refractivity contribution in [3.63, 3.8) is 0 Å². The van der Waals surface area contributed by atoms with E-state index < -0.39 is 5.97 Å². The van der Waals surface area contributed by atoms with Gasteiger partial charge in [-0.05, 0) is 97.4 Å². The van der Waals surface area contributed by atoms with E-state index in [9.17, 15) is 15.0 Å². The third-order valence-corrected chi connectivity index (χ3v) is 11.4. The summed E-state index contributed by atoms with van der Waals surface area (Å²) in [5.74, 6) is 3.03. The van der Waals surface area contributed by atoms with Crippen LogP contribution in [0.3, 0.4) is 0 Å². The molecule has 274 valence electrons. The number of hydrogen-bond donors (Lipinski definition) is 2. The van der Waals surface area contributed by atoms with Crippen LogP contribution in [-0.2, 0) is 30.5 Å². The first-order valence-corrected chi connectivity index (χ1v) is 18.1. The number of phenols is 1. The number of ether oxygens (including phenoxy) is 5. The van der Waals surface area contributed by atoms with Crippen LogP contribution in [0.25, 0.3) is 0 Å². The second kappa shape index (κ2) is 14.6. The molecule has 2 N–H and O–H groups in total. The number of benzene rings is 4. The minimum Gasteiger partial charge on any atom is -0.502 e. The summed E-state index contributed by atoms with van der Waals surface area (Å²) in [5, 5.41) is 21.1. The number of phenolic OH excluding ortho intramolecular Hbond substituents is 1. The minimum atomic E-state index is -0.764. The van der Waals surface area contributed by atoms with Gasteiger partial charge in [-0.2, -0.15) is 0 Å². The number of aromatic hydroxyl groups is 1. The molecule has 0 spiro atoms. The average Bonchev–Trinajstić information content (AvgIpc) is 3.14. The number of hydrogen-bond acceptors (Lipinski definition) is 8. The number of aliphatic carboxylic acids is 1. The molecule has 10 heteroatoms. The molecule has 4 aromatic rings. The Bertz CT molecular complexity index is 1960. The highest BCUT2D eigenvalue weighted by molar-refractivity contribution is 5.66. The van der Waals surface area contributed by atoms with E-state index in [4.69, 9.17) is 23.7 Å². The second-order valence-electron chi connectivity index (χ2n) is 14.6. The molecule has 8 rings (SSSR count). The summed E-state index contributed by atoms with van der Waals surface area (Å²) >= 11 is 0. The van der Waals surface area contributed by atoms with Crippen molar-refractivity contribution in [3.8, 4) is 46.0 Å². The Kier molecular flexibility index (Phi) is 9.96. The van der Waals surface area contributed by atoms with E-state index in [2.05, 4.69) is 49.3 Å². The van der Waals surface area contributed by atoms with E-state index >= 15 is 0 Å². The summed E-state index contributed by atoms with van der Waals surface area (Å²) in [7, 11) is 9.25. The average molecular weight is 710 g/mol. The number of fused-ring (bicyclic) bond motifs is 2. The fourth-order valence-electron chi connectivity index (χ4n) is 8.35. The largest absolute Gasteiger partial charge is 0.502 e. The van der Waals surface area contributed by atoms with Crippen LogP contribution in [0.15, 0.2) is 60.7 Å². The third kappa shape index (κ3) is 6.85. The Balaban J connectivity index is 1.42. The highest BCUT2D eigenvalue weighted by Gasteiger charge is 2.40. The van der Waals surface area contributed by atoms with Crippen molar-refractivity contribution in [1.29, 1.82) is 0 Å². The minimum absolute atomic E-state index is 0.0513. The molecule has 4 aliphatic rings. The molecule has 0 aliphatic carbocycles. The fourth-order valence-corrected chi connectivity index (χ4v) is 8.35. The number of likely N-dealkylation sites (N-methyl/N-ethyl adjacent to an activating group) is 2. The van der Waals surface area contributed by atoms with Crippen LogP contribution in [0.5, 0.6) is 46.0 Å². The first-order valence-electron chi connectivity index (χ1n) is 18.1. The van der Waals surface area contributed by atoms with E-state index in [0.29, 0.717) is 47.3 Å². The van der Waals surface area contributed by atoms with Crippen molar-refractivity contribution in [2.45, 2.75) is 57.0 Å². The number of carbonyl (C=O) groups is 1. The first kappa shape index (κ1) is 35.5. The predicted molar refractivity (Wildman–Crippen MR) is 198 cm³/mol. The highest BCUT2D eigenvalue weighted by atomic mass is 16.5. The molecule has 0 amide bonds. The third-order valence-electron chi connectivity index (χ3n) is 11.4. The number of carboxylic acids is 1. The van der Waals surface area contributed by atoms with Gasteiger partial charge in [-0.15, -0.1) is 0 Å². The van der Waals surface area contributed by atoms with Crippen molar-refractivity contribution in [2.75, 3.05) is 55.1 Å². The highest BCUT2D eigenvalue weighted by Crippen LogP contribution is 2.52. The molecule has 3 atom stereocenters. The lowest BCUT2D eigenvalue weighted by atomic mass is 9.85. The van der Waals surface area contributed by atoms with E-state index in [1.165, 1.54) is 5.56 Å². The van der Waals surface area contributed by atoms with Gasteiger partial charge < -0.3 is 38.4 Å². The van der Waals surface area contributed by atoms with Gasteiger partial charge >= 0.3 is 5.97 Å². The molecule has 6 bridgehead atoms. The number of unbranched alkanes of at least 4 members (excludes halogenated alkanes) is 1. The Morgan fingerprint density at radius 1 is 0.846 bits per heavy atom. The van der Waals surface area contributed by atoms with Crippen LogP contribution in [0, 0.1) is 0 Å². The Labute approximate surface area is 305 Å².